The minimum Gasteiger partial charge on any atom is -0.493 e. The summed E-state index contributed by atoms with van der Waals surface area (Å²) >= 11 is 0. The lowest BCUT2D eigenvalue weighted by Gasteiger charge is -2.18. The van der Waals surface area contributed by atoms with Crippen molar-refractivity contribution in [1.82, 2.24) is 0 Å². The Labute approximate surface area is 186 Å². The van der Waals surface area contributed by atoms with Gasteiger partial charge < -0.3 is 14.6 Å². The first-order chi connectivity index (χ1) is 15.2. The third-order valence-corrected chi connectivity index (χ3v) is 4.83. The van der Waals surface area contributed by atoms with Gasteiger partial charge in [-0.1, -0.05) is 31.4 Å². The molecule has 0 spiro atoms. The van der Waals surface area contributed by atoms with Crippen molar-refractivity contribution in [3.63, 3.8) is 0 Å². The zero-order valence-electron chi connectivity index (χ0n) is 18.1. The number of carboxylic acid groups (broad SMARTS) is 1. The van der Waals surface area contributed by atoms with Crippen LogP contribution in [-0.2, 0) is 11.0 Å². The molecule has 0 aliphatic heterocycles. The number of hydrogen-bond acceptors (Lipinski definition) is 3. The van der Waals surface area contributed by atoms with Crippen LogP contribution in [0.2, 0.25) is 0 Å². The highest BCUT2D eigenvalue weighted by Gasteiger charge is 2.30. The zero-order chi connectivity index (χ0) is 23.6. The fraction of sp³-hybridized carbons (Fsp3) is 0.400. The van der Waals surface area contributed by atoms with E-state index in [1.807, 2.05) is 6.92 Å². The van der Waals surface area contributed by atoms with E-state index in [-0.39, 0.29) is 18.3 Å². The van der Waals surface area contributed by atoms with Gasteiger partial charge in [-0.15, -0.1) is 5.92 Å². The standard InChI is InChI=1S/C25H27F3O4/c1-3-5-18(17-32-23-13-9-21(10-14-23)25(26,27)28)16-31-22-11-7-19(8-12-22)20(6-4-2)15-24(29)30/h7-14,18,20H,3,5,15-17H2,1-2H3,(H,29,30). The predicted octanol–water partition coefficient (Wildman–Crippen LogP) is 6.16. The summed E-state index contributed by atoms with van der Waals surface area (Å²) in [5.74, 6) is 5.47. The Morgan fingerprint density at radius 1 is 1.00 bits per heavy atom. The third-order valence-electron chi connectivity index (χ3n) is 4.83. The average Bonchev–Trinajstić information content (AvgIpc) is 2.75. The van der Waals surface area contributed by atoms with Crippen molar-refractivity contribution in [1.29, 1.82) is 0 Å². The quantitative estimate of drug-likeness (QED) is 0.418. The van der Waals surface area contributed by atoms with Crippen molar-refractivity contribution >= 4 is 5.97 Å². The molecule has 0 saturated heterocycles. The van der Waals surface area contributed by atoms with Gasteiger partial charge in [0.2, 0.25) is 0 Å². The number of carboxylic acids is 1. The second kappa shape index (κ2) is 12.0. The maximum absolute atomic E-state index is 12.7. The van der Waals surface area contributed by atoms with E-state index in [0.717, 1.165) is 30.5 Å². The summed E-state index contributed by atoms with van der Waals surface area (Å²) in [6, 6.07) is 11.8. The van der Waals surface area contributed by atoms with E-state index in [2.05, 4.69) is 11.8 Å². The minimum atomic E-state index is -4.37. The van der Waals surface area contributed by atoms with Crippen LogP contribution < -0.4 is 9.47 Å². The Bertz CT molecular complexity index is 909. The van der Waals surface area contributed by atoms with Crippen LogP contribution in [-0.4, -0.2) is 24.3 Å². The summed E-state index contributed by atoms with van der Waals surface area (Å²) in [6.45, 7) is 4.43. The monoisotopic (exact) mass is 448 g/mol. The van der Waals surface area contributed by atoms with Gasteiger partial charge in [0, 0.05) is 5.92 Å². The summed E-state index contributed by atoms with van der Waals surface area (Å²) in [5, 5.41) is 9.05. The summed E-state index contributed by atoms with van der Waals surface area (Å²) in [7, 11) is 0. The lowest BCUT2D eigenvalue weighted by molar-refractivity contribution is -0.138. The van der Waals surface area contributed by atoms with E-state index in [1.54, 1.807) is 31.2 Å². The second-order valence-electron chi connectivity index (χ2n) is 7.41. The molecular formula is C25H27F3O4. The molecule has 2 rings (SSSR count). The van der Waals surface area contributed by atoms with E-state index < -0.39 is 17.7 Å². The van der Waals surface area contributed by atoms with Crippen LogP contribution in [0.1, 0.15) is 50.2 Å². The van der Waals surface area contributed by atoms with Gasteiger partial charge in [-0.2, -0.15) is 13.2 Å². The number of benzene rings is 2. The summed E-state index contributed by atoms with van der Waals surface area (Å²) < 4.78 is 49.5. The Morgan fingerprint density at radius 2 is 1.53 bits per heavy atom. The maximum Gasteiger partial charge on any atom is 0.416 e. The van der Waals surface area contributed by atoms with Crippen LogP contribution in [0.4, 0.5) is 13.2 Å². The molecule has 172 valence electrons. The molecule has 2 aromatic carbocycles. The number of rotatable bonds is 11. The van der Waals surface area contributed by atoms with E-state index in [1.165, 1.54) is 12.1 Å². The minimum absolute atomic E-state index is 0.0627. The van der Waals surface area contributed by atoms with Crippen molar-refractivity contribution in [3.05, 3.63) is 59.7 Å². The van der Waals surface area contributed by atoms with E-state index in [0.29, 0.717) is 24.7 Å². The van der Waals surface area contributed by atoms with E-state index >= 15 is 0 Å². The fourth-order valence-electron chi connectivity index (χ4n) is 3.19. The molecule has 0 aliphatic rings. The van der Waals surface area contributed by atoms with E-state index in [4.69, 9.17) is 14.6 Å². The molecular weight excluding hydrogens is 421 g/mol. The molecule has 1 N–H and O–H groups in total. The van der Waals surface area contributed by atoms with Gasteiger partial charge in [0.15, 0.2) is 0 Å². The molecule has 7 heteroatoms. The smallest absolute Gasteiger partial charge is 0.416 e. The van der Waals surface area contributed by atoms with Gasteiger partial charge in [-0.05, 0) is 55.3 Å². The molecule has 0 amide bonds. The number of ether oxygens (including phenoxy) is 2. The molecule has 4 nitrogen and oxygen atoms in total. The Morgan fingerprint density at radius 3 is 1.97 bits per heavy atom. The Hall–Kier alpha value is -3.14. The van der Waals surface area contributed by atoms with Crippen molar-refractivity contribution in [3.8, 4) is 23.3 Å². The predicted molar refractivity (Wildman–Crippen MR) is 116 cm³/mol. The van der Waals surface area contributed by atoms with Crippen molar-refractivity contribution < 1.29 is 32.5 Å². The molecule has 2 atom stereocenters. The largest absolute Gasteiger partial charge is 0.493 e. The zero-order valence-corrected chi connectivity index (χ0v) is 18.1. The number of aliphatic carboxylic acids is 1. The molecule has 0 fully saturated rings. The van der Waals surface area contributed by atoms with Crippen LogP contribution in [0, 0.1) is 17.8 Å². The lowest BCUT2D eigenvalue weighted by Crippen LogP contribution is -2.20. The molecule has 0 heterocycles. The molecule has 2 aromatic rings. The van der Waals surface area contributed by atoms with Crippen LogP contribution in [0.3, 0.4) is 0 Å². The van der Waals surface area contributed by atoms with Crippen LogP contribution >= 0.6 is 0 Å². The number of alkyl halides is 3. The van der Waals surface area contributed by atoms with E-state index in [9.17, 15) is 18.0 Å². The first-order valence-electron chi connectivity index (χ1n) is 10.4. The molecule has 32 heavy (non-hydrogen) atoms. The van der Waals surface area contributed by atoms with Crippen molar-refractivity contribution in [2.75, 3.05) is 13.2 Å². The molecule has 2 unspecified atom stereocenters. The molecule has 0 aliphatic carbocycles. The van der Waals surface area contributed by atoms with Crippen LogP contribution in [0.25, 0.3) is 0 Å². The summed E-state index contributed by atoms with van der Waals surface area (Å²) in [5.41, 5.74) is 0.0992. The normalized spacial score (nSPS) is 12.9. The number of hydrogen-bond donors (Lipinski definition) is 1. The van der Waals surface area contributed by atoms with Crippen LogP contribution in [0.5, 0.6) is 11.5 Å². The number of carbonyl (C=O) groups is 1. The highest BCUT2D eigenvalue weighted by molar-refractivity contribution is 5.69. The second-order valence-corrected chi connectivity index (χ2v) is 7.41. The lowest BCUT2D eigenvalue weighted by atomic mass is 9.96. The summed E-state index contributed by atoms with van der Waals surface area (Å²) in [6.07, 6.45) is -2.69. The van der Waals surface area contributed by atoms with Gasteiger partial charge in [0.05, 0.1) is 31.1 Å². The molecule has 0 aromatic heterocycles. The molecule has 0 bridgehead atoms. The average molecular weight is 448 g/mol. The first kappa shape index (κ1) is 25.1. The van der Waals surface area contributed by atoms with Gasteiger partial charge in [0.25, 0.3) is 0 Å². The van der Waals surface area contributed by atoms with Crippen LogP contribution in [0.15, 0.2) is 48.5 Å². The fourth-order valence-corrected chi connectivity index (χ4v) is 3.19. The van der Waals surface area contributed by atoms with Crippen molar-refractivity contribution in [2.45, 2.75) is 45.2 Å². The SMILES string of the molecule is CC#CC(CC(=O)O)c1ccc(OCC(CCC)COc2ccc(C(F)(F)F)cc2)cc1. The molecule has 0 radical (unpaired) electrons. The molecule has 0 saturated carbocycles. The Kier molecular flexibility index (Phi) is 9.45. The van der Waals surface area contributed by atoms with Crippen molar-refractivity contribution in [2.24, 2.45) is 5.92 Å². The number of halogens is 3. The first-order valence-corrected chi connectivity index (χ1v) is 10.4. The Balaban J connectivity index is 1.92. The maximum atomic E-state index is 12.7. The van der Waals surface area contributed by atoms with Gasteiger partial charge in [-0.25, -0.2) is 0 Å². The third kappa shape index (κ3) is 8.18. The highest BCUT2D eigenvalue weighted by atomic mass is 19.4. The topological polar surface area (TPSA) is 55.8 Å². The highest BCUT2D eigenvalue weighted by Crippen LogP contribution is 2.30. The van der Waals surface area contributed by atoms with Gasteiger partial charge >= 0.3 is 12.1 Å². The van der Waals surface area contributed by atoms with Gasteiger partial charge in [-0.3, -0.25) is 4.79 Å². The summed E-state index contributed by atoms with van der Waals surface area (Å²) in [4.78, 5) is 11.0. The van der Waals surface area contributed by atoms with Gasteiger partial charge in [0.1, 0.15) is 11.5 Å².